The molecule has 11 N–H and O–H groups in total. The number of nitrogens with zero attached hydrogens (tertiary/aromatic N) is 6. The zero-order valence-electron chi connectivity index (χ0n) is 24.1. The van der Waals surface area contributed by atoms with Gasteiger partial charge < -0.3 is 42.9 Å². The second kappa shape index (κ2) is 13.0. The van der Waals surface area contributed by atoms with Crippen LogP contribution < -0.4 is 37.8 Å². The normalized spacial score (nSPS) is 18.2. The Balaban J connectivity index is 1.54. The number of β-lactam (4-membered cyclic amide) rings is 1. The van der Waals surface area contributed by atoms with Gasteiger partial charge in [0, 0.05) is 35.9 Å². The summed E-state index contributed by atoms with van der Waals surface area (Å²) < 4.78 is 7.00. The zero-order chi connectivity index (χ0) is 33.2. The topological polar surface area (TPSA) is 299 Å². The molecule has 2 aliphatic rings. The number of nitrogens with one attached hydrogen (secondary N) is 3. The van der Waals surface area contributed by atoms with E-state index in [2.05, 4.69) is 30.5 Å². The van der Waals surface area contributed by atoms with Gasteiger partial charge in [0.1, 0.15) is 17.1 Å². The number of anilines is 3. The van der Waals surface area contributed by atoms with Crippen molar-refractivity contribution in [3.63, 3.8) is 0 Å². The van der Waals surface area contributed by atoms with Gasteiger partial charge in [-0.3, -0.25) is 19.8 Å². The number of carboxylic acids is 2. The SMILES string of the molecule is Cn1c(N)c(NC(=O)NCCN)c[n+]1CC1=C(C(=O)O)N2C(=O)C(NC(=O)C(=NOC(C)(C)C(=O)O)c3nsc(N)n3)C2SC1. The molecule has 0 radical (unpaired) electrons. The summed E-state index contributed by atoms with van der Waals surface area (Å²) in [5, 5.41) is 29.9. The number of urea groups is 1. The molecule has 2 atom stereocenters. The van der Waals surface area contributed by atoms with Crippen molar-refractivity contribution in [3.8, 4) is 0 Å². The van der Waals surface area contributed by atoms with E-state index in [-0.39, 0.29) is 53.5 Å². The minimum absolute atomic E-state index is 0.00361. The number of carboxylic acid groups (broad SMARTS) is 2. The van der Waals surface area contributed by atoms with Gasteiger partial charge in [0.05, 0.1) is 7.05 Å². The van der Waals surface area contributed by atoms with Crippen LogP contribution in [0, 0.1) is 0 Å². The number of aliphatic carboxylic acids is 2. The first-order valence-corrected chi connectivity index (χ1v) is 14.9. The fourth-order valence-corrected chi connectivity index (χ4v) is 5.91. The second-order valence-corrected chi connectivity index (χ2v) is 12.0. The van der Waals surface area contributed by atoms with Gasteiger partial charge in [0.25, 0.3) is 11.8 Å². The molecule has 45 heavy (non-hydrogen) atoms. The van der Waals surface area contributed by atoms with Crippen LogP contribution in [0.2, 0.25) is 0 Å². The van der Waals surface area contributed by atoms with E-state index in [0.717, 1.165) is 16.4 Å². The third-order valence-corrected chi connectivity index (χ3v) is 8.49. The van der Waals surface area contributed by atoms with Gasteiger partial charge in [0.2, 0.25) is 23.3 Å². The molecule has 0 saturated carbocycles. The maximum Gasteiger partial charge on any atom is 0.352 e. The number of nitrogens with two attached hydrogens (primary N) is 3. The average molecular weight is 668 g/mol. The Morgan fingerprint density at radius 1 is 1.27 bits per heavy atom. The van der Waals surface area contributed by atoms with Crippen molar-refractivity contribution >= 4 is 75.4 Å². The van der Waals surface area contributed by atoms with Crippen LogP contribution in [0.4, 0.5) is 21.4 Å². The molecule has 2 aliphatic heterocycles. The van der Waals surface area contributed by atoms with E-state index in [1.54, 1.807) is 11.7 Å². The number of oxime groups is 1. The van der Waals surface area contributed by atoms with E-state index in [1.807, 2.05) is 0 Å². The van der Waals surface area contributed by atoms with Crippen LogP contribution >= 0.6 is 23.3 Å². The van der Waals surface area contributed by atoms with E-state index in [1.165, 1.54) is 36.5 Å². The molecule has 242 valence electrons. The molecular weight excluding hydrogens is 636 g/mol. The van der Waals surface area contributed by atoms with Gasteiger partial charge in [-0.15, -0.1) is 21.1 Å². The molecule has 20 nitrogen and oxygen atoms in total. The number of carbonyl (C=O) groups excluding carboxylic acids is 3. The molecular formula is C23H31N12O8S2+. The molecule has 0 aromatic carbocycles. The van der Waals surface area contributed by atoms with Gasteiger partial charge in [-0.25, -0.2) is 14.4 Å². The Morgan fingerprint density at radius 3 is 2.58 bits per heavy atom. The summed E-state index contributed by atoms with van der Waals surface area (Å²) in [6, 6.07) is -1.68. The molecule has 0 spiro atoms. The smallest absolute Gasteiger partial charge is 0.352 e. The highest BCUT2D eigenvalue weighted by Crippen LogP contribution is 2.40. The standard InChI is InChI=1S/C23H30N12O8S2/c1-23(2,20(40)41)43-31-11(15-30-21(26)45-32-15)16(36)29-12-17(37)35-13(19(38)39)9(8-44-18(12)35)6-34-7-10(14(25)33(34)3)28-22(42)27-5-4-24/h7,12,18,25H,4-6,8,24H2,1-3H3,(H7,26,27,28,29,30,32,36,38,39,40,41,42)/p+1. The quantitative estimate of drug-likeness (QED) is 0.0500. The van der Waals surface area contributed by atoms with Crippen LogP contribution in [0.5, 0.6) is 0 Å². The Bertz CT molecular complexity index is 1620. The summed E-state index contributed by atoms with van der Waals surface area (Å²) in [6.45, 7) is 2.92. The maximum absolute atomic E-state index is 13.3. The number of hydrogen-bond donors (Lipinski definition) is 8. The largest absolute Gasteiger partial charge is 0.478 e. The van der Waals surface area contributed by atoms with Crippen LogP contribution in [0.3, 0.4) is 0 Å². The van der Waals surface area contributed by atoms with Crippen molar-refractivity contribution in [1.29, 1.82) is 0 Å². The summed E-state index contributed by atoms with van der Waals surface area (Å²) in [6.07, 6.45) is 1.52. The lowest BCUT2D eigenvalue weighted by atomic mass is 10.0. The van der Waals surface area contributed by atoms with Gasteiger partial charge >= 0.3 is 18.0 Å². The van der Waals surface area contributed by atoms with E-state index in [0.29, 0.717) is 5.57 Å². The van der Waals surface area contributed by atoms with Crippen LogP contribution in [-0.4, -0.2) is 101 Å². The lowest BCUT2D eigenvalue weighted by Gasteiger charge is -2.49. The molecule has 0 bridgehead atoms. The average Bonchev–Trinajstić information content (AvgIpc) is 3.52. The predicted octanol–water partition coefficient (Wildman–Crippen LogP) is -2.57. The molecule has 22 heteroatoms. The van der Waals surface area contributed by atoms with Crippen LogP contribution in [0.25, 0.3) is 0 Å². The number of thioether (sulfide) groups is 1. The summed E-state index contributed by atoms with van der Waals surface area (Å²) in [5.74, 6) is -4.28. The van der Waals surface area contributed by atoms with Gasteiger partial charge in [-0.05, 0) is 13.8 Å². The molecule has 2 aromatic heterocycles. The predicted molar refractivity (Wildman–Crippen MR) is 159 cm³/mol. The van der Waals surface area contributed by atoms with Crippen molar-refractivity contribution in [3.05, 3.63) is 23.3 Å². The summed E-state index contributed by atoms with van der Waals surface area (Å²) in [5.41, 5.74) is 15.2. The third kappa shape index (κ3) is 6.76. The number of aromatic nitrogens is 4. The maximum atomic E-state index is 13.3. The van der Waals surface area contributed by atoms with E-state index >= 15 is 0 Å². The number of carbonyl (C=O) groups is 5. The summed E-state index contributed by atoms with van der Waals surface area (Å²) in [4.78, 5) is 72.4. The lowest BCUT2D eigenvalue weighted by Crippen LogP contribution is -2.71. The molecule has 1 fully saturated rings. The lowest BCUT2D eigenvalue weighted by molar-refractivity contribution is -0.765. The van der Waals surface area contributed by atoms with Gasteiger partial charge in [-0.1, -0.05) is 5.16 Å². The molecule has 4 rings (SSSR count). The number of fused-ring (bicyclic) bond motifs is 1. The first kappa shape index (κ1) is 32.9. The fourth-order valence-electron chi connectivity index (χ4n) is 4.14. The number of nitrogen functional groups attached to an aromatic ring is 2. The van der Waals surface area contributed by atoms with Crippen molar-refractivity contribution in [2.75, 3.05) is 35.6 Å². The summed E-state index contributed by atoms with van der Waals surface area (Å²) in [7, 11) is 1.61. The molecule has 0 aliphatic carbocycles. The second-order valence-electron chi connectivity index (χ2n) is 10.1. The molecule has 4 heterocycles. The number of rotatable bonds is 12. The highest BCUT2D eigenvalue weighted by atomic mass is 32.2. The molecule has 2 unspecified atom stereocenters. The summed E-state index contributed by atoms with van der Waals surface area (Å²) >= 11 is 1.96. The minimum Gasteiger partial charge on any atom is -0.478 e. The van der Waals surface area contributed by atoms with Crippen LogP contribution in [-0.2, 0) is 37.6 Å². The van der Waals surface area contributed by atoms with Crippen LogP contribution in [0.15, 0.2) is 22.6 Å². The Morgan fingerprint density at radius 2 is 1.98 bits per heavy atom. The highest BCUT2D eigenvalue weighted by Gasteiger charge is 2.55. The van der Waals surface area contributed by atoms with Crippen molar-refractivity contribution < 1.29 is 43.7 Å². The molecule has 1 saturated heterocycles. The Hall–Kier alpha value is -4.96. The minimum atomic E-state index is -1.82. The van der Waals surface area contributed by atoms with Gasteiger partial charge in [0.15, 0.2) is 23.2 Å². The first-order valence-electron chi connectivity index (χ1n) is 13.1. The van der Waals surface area contributed by atoms with Gasteiger partial charge in [-0.2, -0.15) is 9.36 Å². The highest BCUT2D eigenvalue weighted by molar-refractivity contribution is 8.00. The van der Waals surface area contributed by atoms with E-state index < -0.39 is 52.5 Å². The fraction of sp³-hybridized carbons (Fsp3) is 0.435. The van der Waals surface area contributed by atoms with Crippen molar-refractivity contribution in [2.24, 2.45) is 17.9 Å². The Kier molecular flexibility index (Phi) is 9.48. The number of amides is 4. The number of hydrogen-bond acceptors (Lipinski definition) is 14. The molecule has 2 aromatic rings. The van der Waals surface area contributed by atoms with Crippen molar-refractivity contribution in [1.82, 2.24) is 29.6 Å². The van der Waals surface area contributed by atoms with Crippen LogP contribution in [0.1, 0.15) is 19.7 Å². The van der Waals surface area contributed by atoms with Crippen molar-refractivity contribution in [2.45, 2.75) is 37.4 Å². The monoisotopic (exact) mass is 667 g/mol. The molecule has 4 amide bonds. The zero-order valence-corrected chi connectivity index (χ0v) is 25.8. The van der Waals surface area contributed by atoms with E-state index in [9.17, 15) is 34.2 Å². The third-order valence-electron chi connectivity index (χ3n) is 6.60. The Labute approximate surface area is 262 Å². The first-order chi connectivity index (χ1) is 21.2. The van der Waals surface area contributed by atoms with E-state index in [4.69, 9.17) is 22.0 Å².